The summed E-state index contributed by atoms with van der Waals surface area (Å²) in [5, 5.41) is 2.69. The van der Waals surface area contributed by atoms with Crippen molar-refractivity contribution in [2.24, 2.45) is 0 Å². The zero-order chi connectivity index (χ0) is 18.4. The van der Waals surface area contributed by atoms with E-state index in [1.54, 1.807) is 54.9 Å². The fourth-order valence-corrected chi connectivity index (χ4v) is 2.44. The Bertz CT molecular complexity index is 906. The lowest BCUT2D eigenvalue weighted by molar-refractivity contribution is -0.118. The fourth-order valence-electron chi connectivity index (χ4n) is 2.44. The molecule has 1 heterocycles. The number of hydrogen-bond acceptors (Lipinski definition) is 4. The smallest absolute Gasteiger partial charge is 0.262 e. The van der Waals surface area contributed by atoms with Crippen LogP contribution in [-0.2, 0) is 4.79 Å². The molecule has 26 heavy (non-hydrogen) atoms. The summed E-state index contributed by atoms with van der Waals surface area (Å²) >= 11 is 0. The predicted molar refractivity (Wildman–Crippen MR) is 99.4 cm³/mol. The van der Waals surface area contributed by atoms with E-state index in [4.69, 9.17) is 4.74 Å². The Morgan fingerprint density at radius 2 is 1.81 bits per heavy atom. The van der Waals surface area contributed by atoms with Crippen LogP contribution >= 0.6 is 0 Å². The molecule has 0 radical (unpaired) electrons. The summed E-state index contributed by atoms with van der Waals surface area (Å²) in [6.07, 6.45) is 3.19. The summed E-state index contributed by atoms with van der Waals surface area (Å²) in [5.41, 5.74) is 2.87. The highest BCUT2D eigenvalue weighted by atomic mass is 16.5. The monoisotopic (exact) mass is 346 g/mol. The van der Waals surface area contributed by atoms with E-state index in [9.17, 15) is 9.59 Å². The summed E-state index contributed by atoms with van der Waals surface area (Å²) in [7, 11) is 0. The minimum Gasteiger partial charge on any atom is -0.484 e. The number of benzene rings is 2. The van der Waals surface area contributed by atoms with Crippen LogP contribution in [0.4, 0.5) is 5.69 Å². The van der Waals surface area contributed by atoms with E-state index in [1.165, 1.54) is 0 Å². The van der Waals surface area contributed by atoms with Gasteiger partial charge in [0.05, 0.1) is 11.9 Å². The van der Waals surface area contributed by atoms with E-state index < -0.39 is 0 Å². The Morgan fingerprint density at radius 3 is 2.50 bits per heavy atom. The van der Waals surface area contributed by atoms with Crippen molar-refractivity contribution in [2.75, 3.05) is 11.9 Å². The minimum atomic E-state index is -0.280. The Hall–Kier alpha value is -3.47. The number of nitrogens with zero attached hydrogens (tertiary/aromatic N) is 1. The van der Waals surface area contributed by atoms with Crippen molar-refractivity contribution in [3.05, 3.63) is 89.7 Å². The van der Waals surface area contributed by atoms with Gasteiger partial charge in [-0.2, -0.15) is 0 Å². The lowest BCUT2D eigenvalue weighted by Crippen LogP contribution is -2.20. The molecule has 0 aliphatic rings. The average Bonchev–Trinajstić information content (AvgIpc) is 2.67. The Kier molecular flexibility index (Phi) is 5.39. The molecule has 0 fully saturated rings. The van der Waals surface area contributed by atoms with E-state index in [2.05, 4.69) is 10.3 Å². The third-order valence-electron chi connectivity index (χ3n) is 3.71. The van der Waals surface area contributed by atoms with E-state index in [1.807, 2.05) is 25.1 Å². The van der Waals surface area contributed by atoms with Crippen molar-refractivity contribution in [2.45, 2.75) is 6.92 Å². The summed E-state index contributed by atoms with van der Waals surface area (Å²) in [6, 6.07) is 17.7. The molecule has 3 aromatic rings. The standard InChI is InChI=1S/C21H18N2O3/c1-15-4-2-5-17(12-15)21(25)16-7-9-19(10-8-16)26-14-20(24)23-18-6-3-11-22-13-18/h2-13H,14H2,1H3,(H,23,24). The first-order valence-corrected chi connectivity index (χ1v) is 8.16. The van der Waals surface area contributed by atoms with Crippen molar-refractivity contribution in [1.82, 2.24) is 4.98 Å². The number of nitrogens with one attached hydrogen (secondary N) is 1. The molecule has 0 saturated carbocycles. The van der Waals surface area contributed by atoms with Crippen LogP contribution in [0.15, 0.2) is 73.1 Å². The van der Waals surface area contributed by atoms with Gasteiger partial charge >= 0.3 is 0 Å². The number of ketones is 1. The maximum atomic E-state index is 12.5. The molecule has 0 aliphatic carbocycles. The van der Waals surface area contributed by atoms with Crippen LogP contribution in [0.5, 0.6) is 5.75 Å². The number of aromatic nitrogens is 1. The van der Waals surface area contributed by atoms with Crippen LogP contribution in [0.25, 0.3) is 0 Å². The molecular formula is C21H18N2O3. The van der Waals surface area contributed by atoms with Crippen molar-refractivity contribution >= 4 is 17.4 Å². The molecule has 3 rings (SSSR count). The number of hydrogen-bond donors (Lipinski definition) is 1. The van der Waals surface area contributed by atoms with Crippen molar-refractivity contribution < 1.29 is 14.3 Å². The van der Waals surface area contributed by atoms with Crippen LogP contribution in [0.2, 0.25) is 0 Å². The first-order valence-electron chi connectivity index (χ1n) is 8.16. The Morgan fingerprint density at radius 1 is 1.00 bits per heavy atom. The molecule has 0 atom stereocenters. The zero-order valence-electron chi connectivity index (χ0n) is 14.3. The van der Waals surface area contributed by atoms with Crippen molar-refractivity contribution in [3.8, 4) is 5.75 Å². The second-order valence-electron chi connectivity index (χ2n) is 5.80. The van der Waals surface area contributed by atoms with Gasteiger partial charge in [0, 0.05) is 17.3 Å². The van der Waals surface area contributed by atoms with Gasteiger partial charge in [0.1, 0.15) is 5.75 Å². The molecule has 0 unspecified atom stereocenters. The number of ether oxygens (including phenoxy) is 1. The van der Waals surface area contributed by atoms with E-state index in [0.717, 1.165) is 5.56 Å². The normalized spacial score (nSPS) is 10.2. The highest BCUT2D eigenvalue weighted by Crippen LogP contribution is 2.16. The van der Waals surface area contributed by atoms with Crippen molar-refractivity contribution in [3.63, 3.8) is 0 Å². The SMILES string of the molecule is Cc1cccc(C(=O)c2ccc(OCC(=O)Nc3cccnc3)cc2)c1. The first-order chi connectivity index (χ1) is 12.6. The van der Waals surface area contributed by atoms with E-state index >= 15 is 0 Å². The molecule has 0 aliphatic heterocycles. The molecule has 1 aromatic heterocycles. The molecule has 0 spiro atoms. The predicted octanol–water partition coefficient (Wildman–Crippen LogP) is 3.64. The molecule has 5 nitrogen and oxygen atoms in total. The van der Waals surface area contributed by atoms with Crippen LogP contribution < -0.4 is 10.1 Å². The maximum Gasteiger partial charge on any atom is 0.262 e. The van der Waals surface area contributed by atoms with Gasteiger partial charge in [-0.1, -0.05) is 23.8 Å². The second-order valence-corrected chi connectivity index (χ2v) is 5.80. The van der Waals surface area contributed by atoms with Crippen LogP contribution in [0, 0.1) is 6.92 Å². The van der Waals surface area contributed by atoms with Gasteiger partial charge in [0.15, 0.2) is 12.4 Å². The van der Waals surface area contributed by atoms with Gasteiger partial charge in [0.2, 0.25) is 0 Å². The Balaban J connectivity index is 1.57. The van der Waals surface area contributed by atoms with Gasteiger partial charge in [-0.3, -0.25) is 14.6 Å². The number of amides is 1. The highest BCUT2D eigenvalue weighted by molar-refractivity contribution is 6.09. The fraction of sp³-hybridized carbons (Fsp3) is 0.0952. The molecule has 5 heteroatoms. The zero-order valence-corrected chi connectivity index (χ0v) is 14.3. The molecule has 0 bridgehead atoms. The first kappa shape index (κ1) is 17.4. The van der Waals surface area contributed by atoms with Gasteiger partial charge in [-0.15, -0.1) is 0 Å². The van der Waals surface area contributed by atoms with Gasteiger partial charge in [0.25, 0.3) is 5.91 Å². The van der Waals surface area contributed by atoms with E-state index in [0.29, 0.717) is 22.6 Å². The van der Waals surface area contributed by atoms with E-state index in [-0.39, 0.29) is 18.3 Å². The number of rotatable bonds is 6. The van der Waals surface area contributed by atoms with Gasteiger partial charge in [-0.05, 0) is 49.4 Å². The topological polar surface area (TPSA) is 68.3 Å². The summed E-state index contributed by atoms with van der Waals surface area (Å²) in [5.74, 6) is 0.194. The largest absolute Gasteiger partial charge is 0.484 e. The molecular weight excluding hydrogens is 328 g/mol. The average molecular weight is 346 g/mol. The quantitative estimate of drug-likeness (QED) is 0.692. The summed E-state index contributed by atoms with van der Waals surface area (Å²) < 4.78 is 5.46. The summed E-state index contributed by atoms with van der Waals surface area (Å²) in [6.45, 7) is 1.82. The third kappa shape index (κ3) is 4.54. The van der Waals surface area contributed by atoms with Crippen LogP contribution in [0.1, 0.15) is 21.5 Å². The summed E-state index contributed by atoms with van der Waals surface area (Å²) in [4.78, 5) is 28.3. The maximum absolute atomic E-state index is 12.5. The lowest BCUT2D eigenvalue weighted by Gasteiger charge is -2.08. The number of carbonyl (C=O) groups is 2. The highest BCUT2D eigenvalue weighted by Gasteiger charge is 2.10. The third-order valence-corrected chi connectivity index (χ3v) is 3.71. The molecule has 1 amide bonds. The number of pyridine rings is 1. The number of carbonyl (C=O) groups excluding carboxylic acids is 2. The molecule has 130 valence electrons. The van der Waals surface area contributed by atoms with Crippen LogP contribution in [-0.4, -0.2) is 23.3 Å². The lowest BCUT2D eigenvalue weighted by atomic mass is 10.0. The van der Waals surface area contributed by atoms with Gasteiger partial charge < -0.3 is 10.1 Å². The minimum absolute atomic E-state index is 0.0467. The number of aryl methyl sites for hydroxylation is 1. The molecule has 1 N–H and O–H groups in total. The Labute approximate surface area is 151 Å². The van der Waals surface area contributed by atoms with Gasteiger partial charge in [-0.25, -0.2) is 0 Å². The molecule has 0 saturated heterocycles. The molecule has 2 aromatic carbocycles. The van der Waals surface area contributed by atoms with Crippen LogP contribution in [0.3, 0.4) is 0 Å². The van der Waals surface area contributed by atoms with Crippen molar-refractivity contribution in [1.29, 1.82) is 0 Å². The number of anilines is 1. The second kappa shape index (κ2) is 8.07.